The number of benzene rings is 3. The molecule has 0 saturated heterocycles. The number of amidine groups is 1. The normalized spacial score (nSPS) is 11.6. The Morgan fingerprint density at radius 2 is 1.73 bits per heavy atom. The van der Waals surface area contributed by atoms with Crippen molar-refractivity contribution in [3.05, 3.63) is 104 Å². The third-order valence-corrected chi connectivity index (χ3v) is 6.07. The van der Waals surface area contributed by atoms with E-state index in [2.05, 4.69) is 21.1 Å². The highest BCUT2D eigenvalue weighted by Gasteiger charge is 2.22. The molecule has 0 bridgehead atoms. The van der Waals surface area contributed by atoms with Crippen molar-refractivity contribution >= 4 is 38.3 Å². The van der Waals surface area contributed by atoms with Gasteiger partial charge in [0.1, 0.15) is 0 Å². The van der Waals surface area contributed by atoms with Crippen LogP contribution in [0.1, 0.15) is 35.0 Å². The zero-order valence-electron chi connectivity index (χ0n) is 18.0. The fourth-order valence-electron chi connectivity index (χ4n) is 3.95. The third kappa shape index (κ3) is 4.32. The van der Waals surface area contributed by atoms with Crippen molar-refractivity contribution in [2.24, 2.45) is 10.9 Å². The highest BCUT2D eigenvalue weighted by Crippen LogP contribution is 2.33. The molecule has 3 aromatic carbocycles. The Morgan fingerprint density at radius 3 is 2.36 bits per heavy atom. The number of Topliss-reactive ketones (excluding diaryl/α,β-unsaturated/α-hetero) is 1. The summed E-state index contributed by atoms with van der Waals surface area (Å²) in [6.45, 7) is 2.00. The molecule has 0 amide bonds. The third-order valence-electron chi connectivity index (χ3n) is 5.58. The summed E-state index contributed by atoms with van der Waals surface area (Å²) in [5.41, 5.74) is 8.80. The van der Waals surface area contributed by atoms with Crippen LogP contribution in [0, 0.1) is 0 Å². The van der Waals surface area contributed by atoms with Crippen molar-refractivity contribution < 1.29 is 10.0 Å². The fourth-order valence-corrected chi connectivity index (χ4v) is 4.31. The van der Waals surface area contributed by atoms with E-state index in [1.54, 1.807) is 41.8 Å². The molecule has 3 N–H and O–H groups in total. The lowest BCUT2D eigenvalue weighted by molar-refractivity contribution is 0.0979. The molecule has 0 aliphatic heterocycles. The van der Waals surface area contributed by atoms with E-state index in [1.807, 2.05) is 42.5 Å². The zero-order valence-corrected chi connectivity index (χ0v) is 19.5. The van der Waals surface area contributed by atoms with Crippen LogP contribution in [-0.2, 0) is 6.54 Å². The molecule has 1 heterocycles. The second-order valence-corrected chi connectivity index (χ2v) is 8.55. The van der Waals surface area contributed by atoms with Gasteiger partial charge >= 0.3 is 0 Å². The summed E-state index contributed by atoms with van der Waals surface area (Å²) in [5.74, 6) is -0.107. The van der Waals surface area contributed by atoms with Crippen LogP contribution in [0.5, 0.6) is 0 Å². The number of hydrogen-bond donors (Lipinski definition) is 2. The van der Waals surface area contributed by atoms with Gasteiger partial charge in [0.05, 0.1) is 12.2 Å². The number of hydrogen-bond acceptors (Lipinski definition) is 4. The van der Waals surface area contributed by atoms with E-state index < -0.39 is 0 Å². The molecule has 33 heavy (non-hydrogen) atoms. The minimum atomic E-state index is -0.227. The standard InChI is InChI=1S/C26H22BrN3O3/c1-2-22(31)24-23(17-6-4-3-5-7-17)21-14-19(27)12-13-20(21)26(32)30(24)15-16-8-10-18(11-9-16)25(28)29-33/h3-14,33H,2,15H2,1H3,(H2,28,29). The Bertz CT molecular complexity index is 1430. The average Bonchev–Trinajstić information content (AvgIpc) is 2.85. The highest BCUT2D eigenvalue weighted by molar-refractivity contribution is 9.10. The van der Waals surface area contributed by atoms with Crippen molar-refractivity contribution in [3.63, 3.8) is 0 Å². The molecule has 0 aliphatic rings. The summed E-state index contributed by atoms with van der Waals surface area (Å²) in [6.07, 6.45) is 0.265. The number of nitrogens with two attached hydrogens (primary N) is 1. The maximum Gasteiger partial charge on any atom is 0.259 e. The maximum atomic E-state index is 13.6. The van der Waals surface area contributed by atoms with Gasteiger partial charge in [-0.3, -0.25) is 14.2 Å². The molecule has 0 saturated carbocycles. The topological polar surface area (TPSA) is 97.7 Å². The minimum absolute atomic E-state index is 0.00297. The van der Waals surface area contributed by atoms with Gasteiger partial charge in [-0.05, 0) is 34.7 Å². The first kappa shape index (κ1) is 22.5. The van der Waals surface area contributed by atoms with Gasteiger partial charge in [0, 0.05) is 27.4 Å². The van der Waals surface area contributed by atoms with Crippen molar-refractivity contribution in [3.8, 4) is 11.1 Å². The number of carbonyl (C=O) groups excluding carboxylic acids is 1. The largest absolute Gasteiger partial charge is 0.409 e. The smallest absolute Gasteiger partial charge is 0.259 e. The highest BCUT2D eigenvalue weighted by atomic mass is 79.9. The van der Waals surface area contributed by atoms with E-state index in [9.17, 15) is 9.59 Å². The predicted molar refractivity (Wildman–Crippen MR) is 134 cm³/mol. The molecule has 4 aromatic rings. The van der Waals surface area contributed by atoms with Crippen LogP contribution in [0.3, 0.4) is 0 Å². The lowest BCUT2D eigenvalue weighted by atomic mass is 9.94. The van der Waals surface area contributed by atoms with Gasteiger partial charge in [0.15, 0.2) is 11.6 Å². The summed E-state index contributed by atoms with van der Waals surface area (Å²) in [4.78, 5) is 26.9. The van der Waals surface area contributed by atoms with E-state index in [4.69, 9.17) is 10.9 Å². The van der Waals surface area contributed by atoms with Gasteiger partial charge in [0.2, 0.25) is 0 Å². The quantitative estimate of drug-likeness (QED) is 0.125. The van der Waals surface area contributed by atoms with Crippen molar-refractivity contribution in [1.29, 1.82) is 0 Å². The summed E-state index contributed by atoms with van der Waals surface area (Å²) in [7, 11) is 0. The van der Waals surface area contributed by atoms with Gasteiger partial charge in [-0.25, -0.2) is 0 Å². The number of rotatable bonds is 6. The van der Waals surface area contributed by atoms with Gasteiger partial charge in [-0.15, -0.1) is 0 Å². The van der Waals surface area contributed by atoms with E-state index in [0.29, 0.717) is 16.6 Å². The maximum absolute atomic E-state index is 13.6. The summed E-state index contributed by atoms with van der Waals surface area (Å²) < 4.78 is 2.39. The van der Waals surface area contributed by atoms with E-state index in [1.165, 1.54) is 0 Å². The van der Waals surface area contributed by atoms with Gasteiger partial charge in [0.25, 0.3) is 5.56 Å². The van der Waals surface area contributed by atoms with Gasteiger partial charge < -0.3 is 10.9 Å². The number of aromatic nitrogens is 1. The fraction of sp³-hybridized carbons (Fsp3) is 0.115. The molecule has 0 unspecified atom stereocenters. The molecule has 6 nitrogen and oxygen atoms in total. The molecular formula is C26H22BrN3O3. The monoisotopic (exact) mass is 503 g/mol. The SMILES string of the molecule is CCC(=O)c1c(-c2ccccc2)c2cc(Br)ccc2c(=O)n1Cc1ccc(C(N)=NO)cc1. The van der Waals surface area contributed by atoms with Gasteiger partial charge in [-0.1, -0.05) is 82.6 Å². The van der Waals surface area contributed by atoms with E-state index in [0.717, 1.165) is 26.5 Å². The van der Waals surface area contributed by atoms with Crippen LogP contribution in [0.2, 0.25) is 0 Å². The first-order chi connectivity index (χ1) is 15.9. The molecule has 7 heteroatoms. The van der Waals surface area contributed by atoms with Crippen molar-refractivity contribution in [2.75, 3.05) is 0 Å². The van der Waals surface area contributed by atoms with Crippen LogP contribution >= 0.6 is 15.9 Å². The second kappa shape index (κ2) is 9.42. The molecule has 4 rings (SSSR count). The Hall–Kier alpha value is -3.71. The summed E-state index contributed by atoms with van der Waals surface area (Å²) >= 11 is 3.51. The van der Waals surface area contributed by atoms with Crippen molar-refractivity contribution in [1.82, 2.24) is 4.57 Å². The van der Waals surface area contributed by atoms with Crippen LogP contribution in [0.4, 0.5) is 0 Å². The number of halogens is 1. The van der Waals surface area contributed by atoms with Crippen molar-refractivity contribution in [2.45, 2.75) is 19.9 Å². The summed E-state index contributed by atoms with van der Waals surface area (Å²) in [5, 5.41) is 13.2. The molecule has 0 aliphatic carbocycles. The predicted octanol–water partition coefficient (Wildman–Crippen LogP) is 5.17. The molecule has 166 valence electrons. The number of oxime groups is 1. The number of ketones is 1. The van der Waals surface area contributed by atoms with Crippen LogP contribution < -0.4 is 11.3 Å². The molecule has 0 spiro atoms. The zero-order chi connectivity index (χ0) is 23.5. The van der Waals surface area contributed by atoms with E-state index in [-0.39, 0.29) is 30.1 Å². The van der Waals surface area contributed by atoms with Crippen LogP contribution in [-0.4, -0.2) is 21.4 Å². The first-order valence-corrected chi connectivity index (χ1v) is 11.3. The lowest BCUT2D eigenvalue weighted by Crippen LogP contribution is -2.28. The molecule has 1 aromatic heterocycles. The molecule has 0 atom stereocenters. The Morgan fingerprint density at radius 1 is 1.03 bits per heavy atom. The second-order valence-electron chi connectivity index (χ2n) is 7.63. The Labute approximate surface area is 199 Å². The number of nitrogens with zero attached hydrogens (tertiary/aromatic N) is 2. The van der Waals surface area contributed by atoms with E-state index >= 15 is 0 Å². The minimum Gasteiger partial charge on any atom is -0.409 e. The Balaban J connectivity index is 2.01. The number of pyridine rings is 1. The van der Waals surface area contributed by atoms with Crippen LogP contribution in [0.25, 0.3) is 21.9 Å². The van der Waals surface area contributed by atoms with Crippen LogP contribution in [0.15, 0.2) is 87.2 Å². The average molecular weight is 504 g/mol. The molecule has 0 radical (unpaired) electrons. The lowest BCUT2D eigenvalue weighted by Gasteiger charge is -2.19. The number of carbonyl (C=O) groups is 1. The van der Waals surface area contributed by atoms with Gasteiger partial charge in [-0.2, -0.15) is 0 Å². The first-order valence-electron chi connectivity index (χ1n) is 10.5. The molecule has 0 fully saturated rings. The Kier molecular flexibility index (Phi) is 6.42. The number of fused-ring (bicyclic) bond motifs is 1. The molecular weight excluding hydrogens is 482 g/mol. The summed E-state index contributed by atoms with van der Waals surface area (Å²) in [6, 6.07) is 22.2.